The summed E-state index contributed by atoms with van der Waals surface area (Å²) in [6, 6.07) is 3.81. The smallest absolute Gasteiger partial charge is 0.153 e. The van der Waals surface area contributed by atoms with Crippen molar-refractivity contribution in [1.29, 1.82) is 0 Å². The van der Waals surface area contributed by atoms with Crippen molar-refractivity contribution in [3.63, 3.8) is 0 Å². The molecule has 0 bridgehead atoms. The van der Waals surface area contributed by atoms with Crippen LogP contribution in [0.2, 0.25) is 0 Å². The minimum atomic E-state index is 0.634. The Kier molecular flexibility index (Phi) is 2.39. The number of hydrogen-bond acceptors (Lipinski definition) is 3. The number of carbonyl (C=O) groups is 1. The molecule has 1 heterocycles. The van der Waals surface area contributed by atoms with E-state index in [2.05, 4.69) is 5.32 Å². The fourth-order valence-corrected chi connectivity index (χ4v) is 1.79. The van der Waals surface area contributed by atoms with Gasteiger partial charge < -0.3 is 10.1 Å². The third-order valence-corrected chi connectivity index (χ3v) is 2.52. The van der Waals surface area contributed by atoms with Gasteiger partial charge in [-0.3, -0.25) is 4.79 Å². The number of benzene rings is 1. The number of rotatable bonds is 2. The van der Waals surface area contributed by atoms with Crippen LogP contribution in [0.1, 0.15) is 22.3 Å². The summed E-state index contributed by atoms with van der Waals surface area (Å²) in [6.07, 6.45) is 3.00. The van der Waals surface area contributed by atoms with Gasteiger partial charge in [-0.1, -0.05) is 0 Å². The maximum Gasteiger partial charge on any atom is 0.153 e. The van der Waals surface area contributed by atoms with Crippen molar-refractivity contribution in [3.8, 4) is 5.75 Å². The Morgan fingerprint density at radius 1 is 1.50 bits per heavy atom. The monoisotopic (exact) mass is 191 g/mol. The minimum absolute atomic E-state index is 0.634. The van der Waals surface area contributed by atoms with Crippen molar-refractivity contribution in [2.75, 3.05) is 19.0 Å². The van der Waals surface area contributed by atoms with Gasteiger partial charge in [-0.15, -0.1) is 0 Å². The second kappa shape index (κ2) is 3.70. The number of methoxy groups -OCH3 is 1. The van der Waals surface area contributed by atoms with Crippen molar-refractivity contribution in [1.82, 2.24) is 0 Å². The van der Waals surface area contributed by atoms with Crippen molar-refractivity contribution in [2.24, 2.45) is 0 Å². The van der Waals surface area contributed by atoms with Gasteiger partial charge in [0, 0.05) is 18.3 Å². The summed E-state index contributed by atoms with van der Waals surface area (Å²) in [4.78, 5) is 10.8. The molecule has 0 amide bonds. The number of fused-ring (bicyclic) bond motifs is 1. The first-order valence-corrected chi connectivity index (χ1v) is 4.75. The predicted octanol–water partition coefficient (Wildman–Crippen LogP) is 1.87. The highest BCUT2D eigenvalue weighted by molar-refractivity contribution is 5.82. The molecule has 0 radical (unpaired) electrons. The normalized spacial score (nSPS) is 14.1. The highest BCUT2D eigenvalue weighted by Gasteiger charge is 2.12. The Morgan fingerprint density at radius 3 is 3.07 bits per heavy atom. The standard InChI is InChI=1S/C11H13NO2/c1-14-11-6-10-8(3-2-4-12-10)5-9(11)7-13/h5-7,12H,2-4H2,1H3. The maximum atomic E-state index is 10.8. The zero-order valence-corrected chi connectivity index (χ0v) is 8.17. The Morgan fingerprint density at radius 2 is 2.36 bits per heavy atom. The number of nitrogens with one attached hydrogen (secondary N) is 1. The first kappa shape index (κ1) is 9.06. The molecular weight excluding hydrogens is 178 g/mol. The zero-order valence-electron chi connectivity index (χ0n) is 8.17. The molecule has 74 valence electrons. The molecule has 2 rings (SSSR count). The van der Waals surface area contributed by atoms with Gasteiger partial charge in [0.15, 0.2) is 6.29 Å². The number of aldehydes is 1. The van der Waals surface area contributed by atoms with Crippen LogP contribution in [0, 0.1) is 0 Å². The number of ether oxygens (including phenoxy) is 1. The molecule has 1 N–H and O–H groups in total. The van der Waals surface area contributed by atoms with E-state index in [0.29, 0.717) is 11.3 Å². The van der Waals surface area contributed by atoms with E-state index in [1.54, 1.807) is 7.11 Å². The van der Waals surface area contributed by atoms with Crippen LogP contribution in [0.3, 0.4) is 0 Å². The molecule has 0 fully saturated rings. The van der Waals surface area contributed by atoms with Gasteiger partial charge in [-0.25, -0.2) is 0 Å². The van der Waals surface area contributed by atoms with Gasteiger partial charge in [-0.2, -0.15) is 0 Å². The van der Waals surface area contributed by atoms with Crippen LogP contribution in [-0.4, -0.2) is 19.9 Å². The molecule has 0 aliphatic carbocycles. The van der Waals surface area contributed by atoms with Crippen LogP contribution in [0.4, 0.5) is 5.69 Å². The van der Waals surface area contributed by atoms with E-state index in [1.165, 1.54) is 5.56 Å². The Bertz CT molecular complexity index is 361. The van der Waals surface area contributed by atoms with Crippen LogP contribution >= 0.6 is 0 Å². The number of carbonyl (C=O) groups excluding carboxylic acids is 1. The van der Waals surface area contributed by atoms with Gasteiger partial charge in [0.2, 0.25) is 0 Å². The number of aryl methyl sites for hydroxylation is 1. The fourth-order valence-electron chi connectivity index (χ4n) is 1.79. The van der Waals surface area contributed by atoms with Gasteiger partial charge in [0.05, 0.1) is 12.7 Å². The number of hydrogen-bond donors (Lipinski definition) is 1. The van der Waals surface area contributed by atoms with E-state index in [9.17, 15) is 4.79 Å². The first-order chi connectivity index (χ1) is 6.85. The molecule has 1 aliphatic rings. The summed E-state index contributed by atoms with van der Waals surface area (Å²) in [6.45, 7) is 0.997. The highest BCUT2D eigenvalue weighted by atomic mass is 16.5. The fraction of sp³-hybridized carbons (Fsp3) is 0.364. The molecule has 0 atom stereocenters. The predicted molar refractivity (Wildman–Crippen MR) is 55.2 cm³/mol. The zero-order chi connectivity index (χ0) is 9.97. The molecule has 0 unspecified atom stereocenters. The van der Waals surface area contributed by atoms with E-state index >= 15 is 0 Å². The molecule has 1 aromatic rings. The summed E-state index contributed by atoms with van der Waals surface area (Å²) in [5, 5.41) is 3.29. The van der Waals surface area contributed by atoms with Crippen LogP contribution in [-0.2, 0) is 6.42 Å². The second-order valence-corrected chi connectivity index (χ2v) is 3.40. The summed E-state index contributed by atoms with van der Waals surface area (Å²) < 4.78 is 5.13. The van der Waals surface area contributed by atoms with Crippen LogP contribution < -0.4 is 10.1 Å². The maximum absolute atomic E-state index is 10.8. The number of anilines is 1. The Labute approximate surface area is 83.1 Å². The van der Waals surface area contributed by atoms with Crippen molar-refractivity contribution in [3.05, 3.63) is 23.3 Å². The molecule has 0 saturated heterocycles. The lowest BCUT2D eigenvalue weighted by molar-refractivity contribution is 0.112. The topological polar surface area (TPSA) is 38.3 Å². The molecule has 0 aromatic heterocycles. The molecule has 0 spiro atoms. The van der Waals surface area contributed by atoms with Gasteiger partial charge in [-0.05, 0) is 24.5 Å². The summed E-state index contributed by atoms with van der Waals surface area (Å²) in [5.41, 5.74) is 2.94. The second-order valence-electron chi connectivity index (χ2n) is 3.40. The first-order valence-electron chi connectivity index (χ1n) is 4.75. The van der Waals surface area contributed by atoms with E-state index in [0.717, 1.165) is 31.4 Å². The third-order valence-electron chi connectivity index (χ3n) is 2.52. The molecule has 1 aliphatic heterocycles. The van der Waals surface area contributed by atoms with Crippen molar-refractivity contribution >= 4 is 12.0 Å². The summed E-state index contributed by atoms with van der Waals surface area (Å²) in [7, 11) is 1.58. The average molecular weight is 191 g/mol. The van der Waals surface area contributed by atoms with Crippen molar-refractivity contribution < 1.29 is 9.53 Å². The molecule has 1 aromatic carbocycles. The van der Waals surface area contributed by atoms with Crippen molar-refractivity contribution in [2.45, 2.75) is 12.8 Å². The van der Waals surface area contributed by atoms with E-state index in [4.69, 9.17) is 4.74 Å². The lowest BCUT2D eigenvalue weighted by atomic mass is 10.0. The van der Waals surface area contributed by atoms with Crippen LogP contribution in [0.15, 0.2) is 12.1 Å². The summed E-state index contributed by atoms with van der Waals surface area (Å²) >= 11 is 0. The Hall–Kier alpha value is -1.51. The third kappa shape index (κ3) is 1.45. The van der Waals surface area contributed by atoms with Crippen LogP contribution in [0.5, 0.6) is 5.75 Å². The van der Waals surface area contributed by atoms with E-state index in [1.807, 2.05) is 12.1 Å². The molecule has 3 heteroatoms. The molecular formula is C11H13NO2. The van der Waals surface area contributed by atoms with Gasteiger partial charge in [0.1, 0.15) is 5.75 Å². The Balaban J connectivity index is 2.48. The van der Waals surface area contributed by atoms with Gasteiger partial charge >= 0.3 is 0 Å². The SMILES string of the molecule is COc1cc2c(cc1C=O)CCCN2. The van der Waals surface area contributed by atoms with E-state index in [-0.39, 0.29) is 0 Å². The lowest BCUT2D eigenvalue weighted by Gasteiger charge is -2.19. The molecule has 14 heavy (non-hydrogen) atoms. The highest BCUT2D eigenvalue weighted by Crippen LogP contribution is 2.29. The lowest BCUT2D eigenvalue weighted by Crippen LogP contribution is -2.12. The molecule has 0 saturated carbocycles. The van der Waals surface area contributed by atoms with E-state index < -0.39 is 0 Å². The van der Waals surface area contributed by atoms with Gasteiger partial charge in [0.25, 0.3) is 0 Å². The van der Waals surface area contributed by atoms with Crippen LogP contribution in [0.25, 0.3) is 0 Å². The quantitative estimate of drug-likeness (QED) is 0.725. The largest absolute Gasteiger partial charge is 0.496 e. The summed E-state index contributed by atoms with van der Waals surface area (Å²) in [5.74, 6) is 0.646. The molecule has 3 nitrogen and oxygen atoms in total. The minimum Gasteiger partial charge on any atom is -0.496 e. The average Bonchev–Trinajstić information content (AvgIpc) is 2.27.